The number of primary amides is 1. The van der Waals surface area contributed by atoms with E-state index < -0.39 is 60.5 Å². The number of fused-ring (bicyclic) bond motifs is 4. The van der Waals surface area contributed by atoms with Crippen molar-refractivity contribution in [2.45, 2.75) is 78.1 Å². The number of amides is 7. The molecule has 2 aliphatic heterocycles. The van der Waals surface area contributed by atoms with Gasteiger partial charge in [-0.3, -0.25) is 33.7 Å². The quantitative estimate of drug-likeness (QED) is 0.0172. The zero-order chi connectivity index (χ0) is 49.2. The van der Waals surface area contributed by atoms with Gasteiger partial charge < -0.3 is 52.2 Å². The van der Waals surface area contributed by atoms with Crippen molar-refractivity contribution >= 4 is 64.0 Å². The van der Waals surface area contributed by atoms with Crippen LogP contribution < -0.4 is 44.1 Å². The van der Waals surface area contributed by atoms with Crippen molar-refractivity contribution in [2.24, 2.45) is 17.3 Å². The minimum atomic E-state index is -1.52. The molecule has 4 aromatic rings. The number of nitrogens with two attached hydrogens (primary N) is 3. The number of anilines is 1. The average molecular weight is 938 g/mol. The first kappa shape index (κ1) is 49.3. The number of imide groups is 1. The fourth-order valence-corrected chi connectivity index (χ4v) is 7.83. The molecule has 0 saturated heterocycles. The average Bonchev–Trinajstić information content (AvgIpc) is 3.81. The Kier molecular flexibility index (Phi) is 15.9. The van der Waals surface area contributed by atoms with E-state index in [1.54, 1.807) is 50.2 Å². The van der Waals surface area contributed by atoms with Crippen LogP contribution >= 0.6 is 0 Å². The third-order valence-corrected chi connectivity index (χ3v) is 11.4. The molecule has 1 atom stereocenters. The summed E-state index contributed by atoms with van der Waals surface area (Å²) < 4.78 is 21.1. The Balaban J connectivity index is 1.08. The first-order valence-electron chi connectivity index (χ1n) is 21.6. The standard InChI is InChI=1S/C46H52FN11O10/c1-25-18-37-42-31(22-58(37)44(64)32(25)24-68-46(66)67)30(29-17-26(2)33(47)19-36(29)55-42)21-56(50)23-34(48)27-9-11-28(12-10-27)53-43(63)35(7-6-15-51-45(49)65)54-39(60)20-52-38(59)8-4-3-5-16-57-40(61)13-14-41(57)62/h9-14,17-19,23,35H,3-8,15-16,20-22,24,48,50H2,1-2H3,(H,52,59)(H,53,63)(H,54,60)(H,66,67)(H3,49,51,65)/b34-23-/t35-/m1/s1. The Morgan fingerprint density at radius 2 is 1.65 bits per heavy atom. The Labute approximate surface area is 388 Å². The van der Waals surface area contributed by atoms with Crippen LogP contribution in [0.25, 0.3) is 28.0 Å². The predicted molar refractivity (Wildman–Crippen MR) is 246 cm³/mol. The SMILES string of the molecule is Cc1cc2c(CN(N)/C=C(\N)c3ccc(NC(=O)[C@@H](CCCNC(N)=O)NC(=O)CNC(=O)CCCCCN4C(=O)C=CC4=O)cc3)c3c(nc2cc1F)-c1cc(C)c(COC(=O)O)c(=O)n1C3. The highest BCUT2D eigenvalue weighted by molar-refractivity contribution is 6.12. The number of aryl methyl sites for hydroxylation is 2. The summed E-state index contributed by atoms with van der Waals surface area (Å²) in [6.45, 7) is 2.97. The molecule has 0 bridgehead atoms. The molecule has 0 spiro atoms. The highest BCUT2D eigenvalue weighted by atomic mass is 19.1. The van der Waals surface area contributed by atoms with E-state index in [1.165, 1.54) is 34.0 Å². The maximum absolute atomic E-state index is 14.9. The molecule has 6 rings (SSSR count). The third kappa shape index (κ3) is 12.2. The number of halogens is 1. The number of carbonyl (C=O) groups excluding carboxylic acids is 6. The van der Waals surface area contributed by atoms with Crippen molar-refractivity contribution in [2.75, 3.05) is 25.0 Å². The summed E-state index contributed by atoms with van der Waals surface area (Å²) in [6.07, 6.45) is 4.44. The molecule has 0 unspecified atom stereocenters. The van der Waals surface area contributed by atoms with Gasteiger partial charge in [-0.15, -0.1) is 0 Å². The van der Waals surface area contributed by atoms with Crippen LogP contribution in [0.2, 0.25) is 0 Å². The van der Waals surface area contributed by atoms with Crippen molar-refractivity contribution in [1.82, 2.24) is 35.4 Å². The first-order chi connectivity index (χ1) is 32.4. The van der Waals surface area contributed by atoms with Gasteiger partial charge in [0.15, 0.2) is 0 Å². The number of hydrazine groups is 1. The van der Waals surface area contributed by atoms with Gasteiger partial charge in [-0.1, -0.05) is 18.6 Å². The molecule has 2 aromatic heterocycles. The van der Waals surface area contributed by atoms with E-state index >= 15 is 0 Å². The van der Waals surface area contributed by atoms with Gasteiger partial charge in [0.1, 0.15) is 18.5 Å². The minimum Gasteiger partial charge on any atom is -0.450 e. The monoisotopic (exact) mass is 937 g/mol. The van der Waals surface area contributed by atoms with E-state index in [2.05, 4.69) is 21.3 Å². The van der Waals surface area contributed by atoms with Crippen molar-refractivity contribution in [3.63, 3.8) is 0 Å². The number of unbranched alkanes of at least 4 members (excludes halogenated alkanes) is 2. The first-order valence-corrected chi connectivity index (χ1v) is 21.6. The van der Waals surface area contributed by atoms with Crippen molar-refractivity contribution in [1.29, 1.82) is 0 Å². The Hall–Kier alpha value is -8.14. The Morgan fingerprint density at radius 1 is 0.926 bits per heavy atom. The number of hydrogen-bond donors (Lipinski definition) is 8. The van der Waals surface area contributed by atoms with Gasteiger partial charge in [-0.2, -0.15) is 0 Å². The summed E-state index contributed by atoms with van der Waals surface area (Å²) in [5, 5.41) is 21.3. The van der Waals surface area contributed by atoms with E-state index in [-0.39, 0.29) is 68.5 Å². The summed E-state index contributed by atoms with van der Waals surface area (Å²) in [5.41, 5.74) is 16.0. The second-order valence-corrected chi connectivity index (χ2v) is 16.3. The largest absolute Gasteiger partial charge is 0.506 e. The fraction of sp³-hybridized carbons (Fsp3) is 0.326. The molecule has 2 aromatic carbocycles. The number of urea groups is 1. The van der Waals surface area contributed by atoms with Crippen LogP contribution in [-0.2, 0) is 48.4 Å². The molecular formula is C46H52FN11O10. The van der Waals surface area contributed by atoms with Crippen LogP contribution in [0.4, 0.5) is 19.7 Å². The molecule has 0 radical (unpaired) electrons. The van der Waals surface area contributed by atoms with E-state index in [0.29, 0.717) is 75.1 Å². The summed E-state index contributed by atoms with van der Waals surface area (Å²) in [4.78, 5) is 104. The highest BCUT2D eigenvalue weighted by Gasteiger charge is 2.29. The zero-order valence-electron chi connectivity index (χ0n) is 37.4. The van der Waals surface area contributed by atoms with Crippen molar-refractivity contribution in [3.05, 3.63) is 110 Å². The number of pyridine rings is 2. The second-order valence-electron chi connectivity index (χ2n) is 16.3. The smallest absolute Gasteiger partial charge is 0.450 e. The van der Waals surface area contributed by atoms with Gasteiger partial charge in [0.05, 0.1) is 47.8 Å². The van der Waals surface area contributed by atoms with Gasteiger partial charge in [-0.05, 0) is 86.1 Å². The lowest BCUT2D eigenvalue weighted by Gasteiger charge is -2.20. The number of carbonyl (C=O) groups is 7. The van der Waals surface area contributed by atoms with Crippen molar-refractivity contribution in [3.8, 4) is 11.4 Å². The summed E-state index contributed by atoms with van der Waals surface area (Å²) >= 11 is 0. The lowest BCUT2D eigenvalue weighted by Crippen LogP contribution is -2.47. The molecule has 358 valence electrons. The minimum absolute atomic E-state index is 0.0506. The van der Waals surface area contributed by atoms with Gasteiger partial charge >= 0.3 is 12.2 Å². The molecule has 21 nitrogen and oxygen atoms in total. The lowest BCUT2D eigenvalue weighted by atomic mass is 9.98. The molecule has 0 saturated carbocycles. The molecule has 0 fully saturated rings. The van der Waals surface area contributed by atoms with Gasteiger partial charge in [0.25, 0.3) is 17.4 Å². The molecule has 11 N–H and O–H groups in total. The molecule has 7 amide bonds. The zero-order valence-corrected chi connectivity index (χ0v) is 37.4. The molecule has 2 aliphatic rings. The molecule has 0 aliphatic carbocycles. The number of benzene rings is 2. The number of aromatic nitrogens is 2. The summed E-state index contributed by atoms with van der Waals surface area (Å²) in [5.74, 6) is 3.76. The Bertz CT molecular complexity index is 2770. The normalized spacial score (nSPS) is 13.2. The maximum Gasteiger partial charge on any atom is 0.506 e. The maximum atomic E-state index is 14.9. The Morgan fingerprint density at radius 3 is 2.34 bits per heavy atom. The summed E-state index contributed by atoms with van der Waals surface area (Å²) in [7, 11) is 0. The van der Waals surface area contributed by atoms with Gasteiger partial charge in [-0.25, -0.2) is 24.8 Å². The van der Waals surface area contributed by atoms with Crippen LogP contribution in [0, 0.1) is 19.7 Å². The topological polar surface area (TPSA) is 316 Å². The van der Waals surface area contributed by atoms with E-state index in [1.807, 2.05) is 0 Å². The number of ether oxygens (including phenoxy) is 1. The molecule has 22 heteroatoms. The van der Waals surface area contributed by atoms with Gasteiger partial charge in [0, 0.05) is 60.6 Å². The van der Waals surface area contributed by atoms with Crippen LogP contribution in [-0.4, -0.2) is 92.0 Å². The number of nitrogens with zero attached hydrogens (tertiary/aromatic N) is 4. The van der Waals surface area contributed by atoms with E-state index in [9.17, 15) is 42.7 Å². The van der Waals surface area contributed by atoms with Crippen LogP contribution in [0.3, 0.4) is 0 Å². The van der Waals surface area contributed by atoms with Crippen molar-refractivity contribution < 1.29 is 47.8 Å². The lowest BCUT2D eigenvalue weighted by molar-refractivity contribution is -0.137. The fourth-order valence-electron chi connectivity index (χ4n) is 7.83. The van der Waals surface area contributed by atoms with E-state index in [0.717, 1.165) is 4.90 Å². The number of carboxylic acid groups (broad SMARTS) is 1. The molecular weight excluding hydrogens is 886 g/mol. The number of hydrogen-bond acceptors (Lipinski definition) is 13. The summed E-state index contributed by atoms with van der Waals surface area (Å²) in [6, 6.07) is 9.34. The van der Waals surface area contributed by atoms with Gasteiger partial charge in [0.2, 0.25) is 17.7 Å². The predicted octanol–water partition coefficient (Wildman–Crippen LogP) is 2.48. The van der Waals surface area contributed by atoms with Crippen LogP contribution in [0.15, 0.2) is 65.6 Å². The molecule has 68 heavy (non-hydrogen) atoms. The highest BCUT2D eigenvalue weighted by Crippen LogP contribution is 2.37. The second kappa shape index (κ2) is 21.9. The number of nitrogens with one attached hydrogen (secondary N) is 4. The van der Waals surface area contributed by atoms with E-state index in [4.69, 9.17) is 32.1 Å². The number of rotatable bonds is 21. The third-order valence-electron chi connectivity index (χ3n) is 11.4. The molecule has 4 heterocycles. The van der Waals surface area contributed by atoms with Crippen LogP contribution in [0.1, 0.15) is 71.9 Å². The van der Waals surface area contributed by atoms with Crippen LogP contribution in [0.5, 0.6) is 0 Å².